The summed E-state index contributed by atoms with van der Waals surface area (Å²) in [6.07, 6.45) is 9.61. The summed E-state index contributed by atoms with van der Waals surface area (Å²) in [4.78, 5) is 9.10. The van der Waals surface area contributed by atoms with Gasteiger partial charge in [-0.25, -0.2) is 4.98 Å². The van der Waals surface area contributed by atoms with Crippen molar-refractivity contribution in [2.75, 3.05) is 13.2 Å². The first-order valence-corrected chi connectivity index (χ1v) is 8.83. The maximum Gasteiger partial charge on any atom is 0.112 e. The van der Waals surface area contributed by atoms with Crippen LogP contribution in [0.15, 0.2) is 48.9 Å². The summed E-state index contributed by atoms with van der Waals surface area (Å²) >= 11 is 0. The van der Waals surface area contributed by atoms with Gasteiger partial charge in [-0.05, 0) is 37.0 Å². The quantitative estimate of drug-likeness (QED) is 0.735. The number of hydrogen-bond acceptors (Lipinski definition) is 3. The molecule has 2 fully saturated rings. The molecule has 0 bridgehead atoms. The topological polar surface area (TPSA) is 39.9 Å². The molecular weight excluding hydrogens is 298 g/mol. The Morgan fingerprint density at radius 2 is 1.96 bits per heavy atom. The molecule has 0 amide bonds. The molecule has 4 heteroatoms. The Balaban J connectivity index is 1.46. The standard InChI is InChI=1S/C20H21N3O/c1-2-4-18-17(3-1)15(7-8-21-18)11-16-12-24-13-19(16)23-10-9-22-20(23)14-5-6-14/h1-4,7-10,14,16,19H,5-6,11-13H2/t16-,19-/m1/s1. The molecule has 0 N–H and O–H groups in total. The van der Waals surface area contributed by atoms with Gasteiger partial charge in [0.05, 0.1) is 24.8 Å². The summed E-state index contributed by atoms with van der Waals surface area (Å²) < 4.78 is 8.26. The molecule has 3 aromatic rings. The molecule has 2 aromatic heterocycles. The lowest BCUT2D eigenvalue weighted by Gasteiger charge is -2.21. The van der Waals surface area contributed by atoms with Crippen LogP contribution in [0.1, 0.15) is 36.2 Å². The van der Waals surface area contributed by atoms with E-state index in [0.717, 1.165) is 25.2 Å². The lowest BCUT2D eigenvalue weighted by atomic mass is 9.93. The number of ether oxygens (including phenoxy) is 1. The number of benzene rings is 1. The van der Waals surface area contributed by atoms with Crippen molar-refractivity contribution < 1.29 is 4.74 Å². The second kappa shape index (κ2) is 5.71. The molecule has 1 saturated carbocycles. The highest BCUT2D eigenvalue weighted by Crippen LogP contribution is 2.41. The third-order valence-corrected chi connectivity index (χ3v) is 5.38. The average molecular weight is 319 g/mol. The molecule has 4 nitrogen and oxygen atoms in total. The molecule has 24 heavy (non-hydrogen) atoms. The summed E-state index contributed by atoms with van der Waals surface area (Å²) in [5, 5.41) is 1.26. The molecule has 1 aliphatic heterocycles. The van der Waals surface area contributed by atoms with E-state index in [9.17, 15) is 0 Å². The van der Waals surface area contributed by atoms with Gasteiger partial charge in [-0.2, -0.15) is 0 Å². The number of hydrogen-bond donors (Lipinski definition) is 0. The number of imidazole rings is 1. The van der Waals surface area contributed by atoms with Gasteiger partial charge >= 0.3 is 0 Å². The van der Waals surface area contributed by atoms with Crippen LogP contribution in [0, 0.1) is 5.92 Å². The number of fused-ring (bicyclic) bond motifs is 1. The molecule has 2 aliphatic rings. The second-order valence-electron chi connectivity index (χ2n) is 7.02. The monoisotopic (exact) mass is 319 g/mol. The van der Waals surface area contributed by atoms with Crippen LogP contribution in [0.4, 0.5) is 0 Å². The molecule has 2 atom stereocenters. The Bertz CT molecular complexity index is 863. The summed E-state index contributed by atoms with van der Waals surface area (Å²) in [5.74, 6) is 2.42. The maximum atomic E-state index is 5.87. The SMILES string of the molecule is c1ccc2c(C[C@@H]3COC[C@H]3n3ccnc3C3CC3)ccnc2c1. The predicted octanol–water partition coefficient (Wildman–Crippen LogP) is 3.74. The van der Waals surface area contributed by atoms with Gasteiger partial charge in [0.25, 0.3) is 0 Å². The van der Waals surface area contributed by atoms with Crippen molar-refractivity contribution in [2.24, 2.45) is 5.92 Å². The van der Waals surface area contributed by atoms with Crippen LogP contribution in [0.5, 0.6) is 0 Å². The molecule has 1 aliphatic carbocycles. The molecule has 122 valence electrons. The number of para-hydroxylation sites is 1. The third-order valence-electron chi connectivity index (χ3n) is 5.38. The van der Waals surface area contributed by atoms with Gasteiger partial charge in [-0.3, -0.25) is 4.98 Å². The molecule has 0 unspecified atom stereocenters. The highest BCUT2D eigenvalue weighted by molar-refractivity contribution is 5.81. The Morgan fingerprint density at radius 1 is 1.04 bits per heavy atom. The van der Waals surface area contributed by atoms with E-state index in [1.54, 1.807) is 0 Å². The predicted molar refractivity (Wildman–Crippen MR) is 93.0 cm³/mol. The fraction of sp³-hybridized carbons (Fsp3) is 0.400. The van der Waals surface area contributed by atoms with Crippen molar-refractivity contribution in [3.63, 3.8) is 0 Å². The first kappa shape index (κ1) is 14.2. The largest absolute Gasteiger partial charge is 0.379 e. The van der Waals surface area contributed by atoms with Crippen LogP contribution in [0.2, 0.25) is 0 Å². The molecule has 1 aromatic carbocycles. The highest BCUT2D eigenvalue weighted by Gasteiger charge is 2.35. The smallest absolute Gasteiger partial charge is 0.112 e. The highest BCUT2D eigenvalue weighted by atomic mass is 16.5. The van der Waals surface area contributed by atoms with E-state index < -0.39 is 0 Å². The first-order chi connectivity index (χ1) is 11.9. The van der Waals surface area contributed by atoms with Crippen LogP contribution in [0.3, 0.4) is 0 Å². The fourth-order valence-electron chi connectivity index (χ4n) is 3.97. The van der Waals surface area contributed by atoms with E-state index in [2.05, 4.69) is 45.0 Å². The minimum atomic E-state index is 0.398. The van der Waals surface area contributed by atoms with E-state index >= 15 is 0 Å². The molecule has 3 heterocycles. The number of pyridine rings is 1. The van der Waals surface area contributed by atoms with Crippen molar-refractivity contribution in [1.29, 1.82) is 0 Å². The lowest BCUT2D eigenvalue weighted by molar-refractivity contribution is 0.180. The lowest BCUT2D eigenvalue weighted by Crippen LogP contribution is -2.21. The van der Waals surface area contributed by atoms with Crippen molar-refractivity contribution >= 4 is 10.9 Å². The normalized spacial score (nSPS) is 23.8. The third kappa shape index (κ3) is 2.42. The van der Waals surface area contributed by atoms with Crippen LogP contribution in [-0.2, 0) is 11.2 Å². The zero-order valence-electron chi connectivity index (χ0n) is 13.6. The average Bonchev–Trinajstić information content (AvgIpc) is 3.17. The van der Waals surface area contributed by atoms with Crippen molar-refractivity contribution in [2.45, 2.75) is 31.2 Å². The Hall–Kier alpha value is -2.20. The summed E-state index contributed by atoms with van der Waals surface area (Å²) in [6.45, 7) is 1.62. The molecular formula is C20H21N3O. The van der Waals surface area contributed by atoms with Crippen LogP contribution >= 0.6 is 0 Å². The van der Waals surface area contributed by atoms with E-state index in [4.69, 9.17) is 4.74 Å². The zero-order chi connectivity index (χ0) is 15.9. The van der Waals surface area contributed by atoms with E-state index in [1.165, 1.54) is 29.6 Å². The van der Waals surface area contributed by atoms with Gasteiger partial charge in [0.15, 0.2) is 0 Å². The summed E-state index contributed by atoms with van der Waals surface area (Å²) in [7, 11) is 0. The molecule has 1 saturated heterocycles. The summed E-state index contributed by atoms with van der Waals surface area (Å²) in [6, 6.07) is 11.0. The van der Waals surface area contributed by atoms with E-state index in [0.29, 0.717) is 17.9 Å². The Labute approximate surface area is 141 Å². The van der Waals surface area contributed by atoms with Crippen molar-refractivity contribution in [1.82, 2.24) is 14.5 Å². The van der Waals surface area contributed by atoms with Crippen LogP contribution in [-0.4, -0.2) is 27.7 Å². The van der Waals surface area contributed by atoms with Gasteiger partial charge in [-0.1, -0.05) is 18.2 Å². The fourth-order valence-corrected chi connectivity index (χ4v) is 3.97. The first-order valence-electron chi connectivity index (χ1n) is 8.83. The number of aromatic nitrogens is 3. The van der Waals surface area contributed by atoms with Gasteiger partial charge in [0.2, 0.25) is 0 Å². The summed E-state index contributed by atoms with van der Waals surface area (Å²) in [5.41, 5.74) is 2.45. The van der Waals surface area contributed by atoms with E-state index in [1.807, 2.05) is 18.5 Å². The van der Waals surface area contributed by atoms with Gasteiger partial charge in [-0.15, -0.1) is 0 Å². The van der Waals surface area contributed by atoms with Gasteiger partial charge in [0, 0.05) is 35.8 Å². The zero-order valence-corrected chi connectivity index (χ0v) is 13.6. The number of rotatable bonds is 4. The minimum absolute atomic E-state index is 0.398. The van der Waals surface area contributed by atoms with Crippen LogP contribution in [0.25, 0.3) is 10.9 Å². The molecule has 0 spiro atoms. The Morgan fingerprint density at radius 3 is 2.88 bits per heavy atom. The Kier molecular flexibility index (Phi) is 3.37. The minimum Gasteiger partial charge on any atom is -0.379 e. The second-order valence-corrected chi connectivity index (χ2v) is 7.02. The maximum absolute atomic E-state index is 5.87. The van der Waals surface area contributed by atoms with Gasteiger partial charge < -0.3 is 9.30 Å². The van der Waals surface area contributed by atoms with Crippen molar-refractivity contribution in [3.05, 3.63) is 60.3 Å². The van der Waals surface area contributed by atoms with Crippen LogP contribution < -0.4 is 0 Å². The van der Waals surface area contributed by atoms with Crippen molar-refractivity contribution in [3.8, 4) is 0 Å². The number of nitrogens with zero attached hydrogens (tertiary/aromatic N) is 3. The van der Waals surface area contributed by atoms with Gasteiger partial charge in [0.1, 0.15) is 5.82 Å². The molecule has 5 rings (SSSR count). The van der Waals surface area contributed by atoms with E-state index in [-0.39, 0.29) is 0 Å². The molecule has 0 radical (unpaired) electrons.